The zero-order valence-electron chi connectivity index (χ0n) is 9.82. The molecule has 0 spiro atoms. The van der Waals surface area contributed by atoms with Crippen LogP contribution in [0.15, 0.2) is 12.1 Å². The summed E-state index contributed by atoms with van der Waals surface area (Å²) in [4.78, 5) is 11.3. The third-order valence-corrected chi connectivity index (χ3v) is 3.04. The molecular weight excluding hydrogens is 244 g/mol. The van der Waals surface area contributed by atoms with Gasteiger partial charge in [-0.2, -0.15) is 0 Å². The Morgan fingerprint density at radius 1 is 1.44 bits per heavy atom. The van der Waals surface area contributed by atoms with Gasteiger partial charge in [0.05, 0.1) is 23.1 Å². The van der Waals surface area contributed by atoms with Crippen molar-refractivity contribution < 1.29 is 13.7 Å². The standard InChI is InChI=1S/C11H13F2N3O2/c1-2-15(8-5-14-6-8)11-9(12)3-7(16(17)18)4-10(11)13/h3-4,8,14H,2,5-6H2,1H3. The first-order chi connectivity index (χ1) is 8.54. The van der Waals surface area contributed by atoms with Crippen LogP contribution in [-0.2, 0) is 0 Å². The summed E-state index contributed by atoms with van der Waals surface area (Å²) in [5.74, 6) is -1.79. The molecular formula is C11H13F2N3O2. The zero-order chi connectivity index (χ0) is 13.3. The highest BCUT2D eigenvalue weighted by molar-refractivity contribution is 5.55. The van der Waals surface area contributed by atoms with Crippen LogP contribution in [-0.4, -0.2) is 30.6 Å². The van der Waals surface area contributed by atoms with Crippen molar-refractivity contribution in [2.75, 3.05) is 24.5 Å². The highest BCUT2D eigenvalue weighted by Gasteiger charge is 2.29. The number of nitro benzene ring substituents is 1. The van der Waals surface area contributed by atoms with E-state index in [1.54, 1.807) is 11.8 Å². The molecule has 1 fully saturated rings. The van der Waals surface area contributed by atoms with Crippen LogP contribution in [0.4, 0.5) is 20.2 Å². The van der Waals surface area contributed by atoms with Crippen LogP contribution in [0.3, 0.4) is 0 Å². The van der Waals surface area contributed by atoms with Gasteiger partial charge >= 0.3 is 0 Å². The molecule has 0 unspecified atom stereocenters. The van der Waals surface area contributed by atoms with Gasteiger partial charge < -0.3 is 10.2 Å². The van der Waals surface area contributed by atoms with E-state index in [4.69, 9.17) is 0 Å². The lowest BCUT2D eigenvalue weighted by Gasteiger charge is -2.39. The molecule has 18 heavy (non-hydrogen) atoms. The number of nitrogens with one attached hydrogen (secondary N) is 1. The lowest BCUT2D eigenvalue weighted by molar-refractivity contribution is -0.385. The van der Waals surface area contributed by atoms with Gasteiger partial charge in [0.15, 0.2) is 11.6 Å². The van der Waals surface area contributed by atoms with Gasteiger partial charge in [0.25, 0.3) is 5.69 Å². The average molecular weight is 257 g/mol. The van der Waals surface area contributed by atoms with E-state index in [-0.39, 0.29) is 11.7 Å². The fourth-order valence-corrected chi connectivity index (χ4v) is 2.02. The van der Waals surface area contributed by atoms with Gasteiger partial charge in [-0.1, -0.05) is 0 Å². The summed E-state index contributed by atoms with van der Waals surface area (Å²) in [7, 11) is 0. The number of likely N-dealkylation sites (N-methyl/N-ethyl adjacent to an activating group) is 1. The van der Waals surface area contributed by atoms with Crippen LogP contribution >= 0.6 is 0 Å². The number of hydrogen-bond acceptors (Lipinski definition) is 4. The number of nitro groups is 1. The minimum Gasteiger partial charge on any atom is -0.362 e. The van der Waals surface area contributed by atoms with Crippen molar-refractivity contribution in [1.29, 1.82) is 0 Å². The van der Waals surface area contributed by atoms with Crippen molar-refractivity contribution in [3.8, 4) is 0 Å². The molecule has 1 aromatic rings. The lowest BCUT2D eigenvalue weighted by atomic mass is 10.1. The first kappa shape index (κ1) is 12.7. The molecule has 2 rings (SSSR count). The van der Waals surface area contributed by atoms with Gasteiger partial charge in [0.1, 0.15) is 5.69 Å². The summed E-state index contributed by atoms with van der Waals surface area (Å²) < 4.78 is 27.6. The van der Waals surface area contributed by atoms with Crippen molar-refractivity contribution in [3.05, 3.63) is 33.9 Å². The molecule has 0 saturated carbocycles. The Balaban J connectivity index is 2.40. The number of nitrogens with zero attached hydrogens (tertiary/aromatic N) is 2. The number of benzene rings is 1. The fraction of sp³-hybridized carbons (Fsp3) is 0.455. The molecule has 0 amide bonds. The quantitative estimate of drug-likeness (QED) is 0.658. The molecule has 7 heteroatoms. The smallest absolute Gasteiger partial charge is 0.275 e. The van der Waals surface area contributed by atoms with E-state index in [0.29, 0.717) is 19.6 Å². The van der Waals surface area contributed by atoms with E-state index >= 15 is 0 Å². The number of halogens is 2. The number of hydrogen-bond donors (Lipinski definition) is 1. The minimum absolute atomic E-state index is 0.0282. The van der Waals surface area contributed by atoms with Crippen LogP contribution < -0.4 is 10.2 Å². The molecule has 0 aliphatic carbocycles. The predicted octanol–water partition coefficient (Wildman–Crippen LogP) is 1.67. The van der Waals surface area contributed by atoms with Crippen LogP contribution in [0.2, 0.25) is 0 Å². The van der Waals surface area contributed by atoms with E-state index in [0.717, 1.165) is 12.1 Å². The summed E-state index contributed by atoms with van der Waals surface area (Å²) in [5, 5.41) is 13.5. The SMILES string of the molecule is CCN(c1c(F)cc([N+](=O)[O-])cc1F)C1CNC1. The normalized spacial score (nSPS) is 15.3. The Hall–Kier alpha value is -1.76. The minimum atomic E-state index is -0.893. The maximum absolute atomic E-state index is 13.8. The van der Waals surface area contributed by atoms with Crippen molar-refractivity contribution in [1.82, 2.24) is 5.32 Å². The van der Waals surface area contributed by atoms with Crippen molar-refractivity contribution >= 4 is 11.4 Å². The fourth-order valence-electron chi connectivity index (χ4n) is 2.02. The summed E-state index contributed by atoms with van der Waals surface area (Å²) in [5.41, 5.74) is -0.758. The Morgan fingerprint density at radius 2 is 2.00 bits per heavy atom. The van der Waals surface area contributed by atoms with Crippen LogP contribution in [0.25, 0.3) is 0 Å². The van der Waals surface area contributed by atoms with Gasteiger partial charge in [-0.05, 0) is 6.92 Å². The Bertz CT molecular complexity index is 454. The second-order valence-corrected chi connectivity index (χ2v) is 4.11. The predicted molar refractivity (Wildman–Crippen MR) is 62.7 cm³/mol. The first-order valence-corrected chi connectivity index (χ1v) is 5.65. The molecule has 1 aromatic carbocycles. The van der Waals surface area contributed by atoms with Gasteiger partial charge in [-0.25, -0.2) is 8.78 Å². The van der Waals surface area contributed by atoms with E-state index in [1.807, 2.05) is 0 Å². The van der Waals surface area contributed by atoms with Gasteiger partial charge in [0, 0.05) is 19.6 Å². The summed E-state index contributed by atoms with van der Waals surface area (Å²) in [6.45, 7) is 3.55. The second kappa shape index (κ2) is 4.85. The molecule has 0 atom stereocenters. The Labute approximate surface area is 103 Å². The Kier molecular flexibility index (Phi) is 3.42. The first-order valence-electron chi connectivity index (χ1n) is 5.65. The number of anilines is 1. The highest BCUT2D eigenvalue weighted by Crippen LogP contribution is 2.29. The summed E-state index contributed by atoms with van der Waals surface area (Å²) in [6.07, 6.45) is 0. The second-order valence-electron chi connectivity index (χ2n) is 4.11. The monoisotopic (exact) mass is 257 g/mol. The van der Waals surface area contributed by atoms with Crippen LogP contribution in [0.1, 0.15) is 6.92 Å². The summed E-state index contributed by atoms with van der Waals surface area (Å²) >= 11 is 0. The van der Waals surface area contributed by atoms with Gasteiger partial charge in [0.2, 0.25) is 0 Å². The molecule has 0 radical (unpaired) electrons. The molecule has 98 valence electrons. The zero-order valence-corrected chi connectivity index (χ0v) is 9.82. The topological polar surface area (TPSA) is 58.4 Å². The van der Waals surface area contributed by atoms with E-state index in [2.05, 4.69) is 5.32 Å². The molecule has 0 bridgehead atoms. The van der Waals surface area contributed by atoms with Crippen LogP contribution in [0, 0.1) is 21.7 Å². The molecule has 1 N–H and O–H groups in total. The maximum Gasteiger partial charge on any atom is 0.275 e. The lowest BCUT2D eigenvalue weighted by Crippen LogP contribution is -2.57. The molecule has 1 saturated heterocycles. The van der Waals surface area contributed by atoms with E-state index in [1.165, 1.54) is 0 Å². The van der Waals surface area contributed by atoms with Crippen molar-refractivity contribution in [3.63, 3.8) is 0 Å². The Morgan fingerprint density at radius 3 is 2.33 bits per heavy atom. The molecule has 1 heterocycles. The molecule has 0 aromatic heterocycles. The average Bonchev–Trinajstić information content (AvgIpc) is 2.23. The third kappa shape index (κ3) is 2.13. The van der Waals surface area contributed by atoms with Crippen LogP contribution in [0.5, 0.6) is 0 Å². The van der Waals surface area contributed by atoms with E-state index < -0.39 is 22.2 Å². The van der Waals surface area contributed by atoms with Gasteiger partial charge in [-0.3, -0.25) is 10.1 Å². The van der Waals surface area contributed by atoms with Crippen molar-refractivity contribution in [2.45, 2.75) is 13.0 Å². The maximum atomic E-state index is 13.8. The van der Waals surface area contributed by atoms with E-state index in [9.17, 15) is 18.9 Å². The molecule has 5 nitrogen and oxygen atoms in total. The number of rotatable bonds is 4. The third-order valence-electron chi connectivity index (χ3n) is 3.04. The number of non-ortho nitro benzene ring substituents is 1. The van der Waals surface area contributed by atoms with Gasteiger partial charge in [-0.15, -0.1) is 0 Å². The highest BCUT2D eigenvalue weighted by atomic mass is 19.1. The van der Waals surface area contributed by atoms with Crippen molar-refractivity contribution in [2.24, 2.45) is 0 Å². The molecule has 1 aliphatic heterocycles. The largest absolute Gasteiger partial charge is 0.362 e. The molecule has 1 aliphatic rings. The summed E-state index contributed by atoms with van der Waals surface area (Å²) in [6, 6.07) is 1.54.